The molecular weight excluding hydrogens is 1200 g/mol. The highest BCUT2D eigenvalue weighted by molar-refractivity contribution is 6.31. The fraction of sp³-hybridized carbons (Fsp3) is 0.229. The predicted molar refractivity (Wildman–Crippen MR) is 357 cm³/mol. The van der Waals surface area contributed by atoms with Gasteiger partial charge < -0.3 is 20.3 Å². The monoisotopic (exact) mass is 1270 g/mol. The Balaban J connectivity index is 0.000000194. The molecule has 0 atom stereocenters. The second-order valence-corrected chi connectivity index (χ2v) is 24.2. The number of hydrogen-bond acceptors (Lipinski definition) is 12. The van der Waals surface area contributed by atoms with Crippen LogP contribution in [-0.4, -0.2) is 81.8 Å². The lowest BCUT2D eigenvalue weighted by atomic mass is 10.0. The molecular formula is C70H72Cl3N9O8. The largest absolute Gasteiger partial charge is 0.444 e. The molecule has 0 fully saturated rings. The van der Waals surface area contributed by atoms with Gasteiger partial charge in [0.1, 0.15) is 45.7 Å². The Labute approximate surface area is 539 Å². The zero-order valence-corrected chi connectivity index (χ0v) is 53.9. The number of aliphatic hydroxyl groups is 1. The molecule has 0 radical (unpaired) electrons. The Kier molecular flexibility index (Phi) is 22.9. The minimum Gasteiger partial charge on any atom is -0.444 e. The van der Waals surface area contributed by atoms with Gasteiger partial charge in [-0.15, -0.1) is 13.2 Å². The molecule has 90 heavy (non-hydrogen) atoms. The zero-order chi connectivity index (χ0) is 65.6. The van der Waals surface area contributed by atoms with Crippen molar-refractivity contribution < 1.29 is 38.6 Å². The molecule has 3 aromatic heterocycles. The molecule has 0 saturated heterocycles. The fourth-order valence-electron chi connectivity index (χ4n) is 8.99. The van der Waals surface area contributed by atoms with Crippen LogP contribution < -0.4 is 16.4 Å². The van der Waals surface area contributed by atoms with E-state index in [1.165, 1.54) is 9.36 Å². The summed E-state index contributed by atoms with van der Waals surface area (Å²) in [5, 5.41) is 30.4. The predicted octanol–water partition coefficient (Wildman–Crippen LogP) is 15.9. The van der Waals surface area contributed by atoms with E-state index in [9.17, 15) is 29.1 Å². The molecule has 0 bridgehead atoms. The lowest BCUT2D eigenvalue weighted by molar-refractivity contribution is 0.0623. The number of aryl methyl sites for hydroxylation is 3. The van der Waals surface area contributed by atoms with E-state index in [4.69, 9.17) is 50.0 Å². The van der Waals surface area contributed by atoms with Crippen molar-refractivity contribution >= 4 is 81.8 Å². The van der Waals surface area contributed by atoms with Crippen molar-refractivity contribution in [3.63, 3.8) is 0 Å². The van der Waals surface area contributed by atoms with Crippen LogP contribution >= 0.6 is 34.8 Å². The van der Waals surface area contributed by atoms with Crippen molar-refractivity contribution in [2.45, 2.75) is 99.2 Å². The van der Waals surface area contributed by atoms with Gasteiger partial charge >= 0.3 is 12.2 Å². The van der Waals surface area contributed by atoms with Crippen LogP contribution in [0.2, 0.25) is 15.1 Å². The maximum Gasteiger partial charge on any atom is 0.413 e. The van der Waals surface area contributed by atoms with E-state index in [0.29, 0.717) is 109 Å². The number of amides is 2. The van der Waals surface area contributed by atoms with E-state index < -0.39 is 23.4 Å². The summed E-state index contributed by atoms with van der Waals surface area (Å²) in [5.74, 6) is 0.408. The summed E-state index contributed by atoms with van der Waals surface area (Å²) >= 11 is 18.0. The number of nitrogens with one attached hydrogen (secondary N) is 2. The second kappa shape index (κ2) is 30.2. The number of carbonyl (C=O) groups excluding carboxylic acids is 5. The van der Waals surface area contributed by atoms with Gasteiger partial charge in [0.15, 0.2) is 0 Å². The summed E-state index contributed by atoms with van der Waals surface area (Å²) in [6, 6.07) is 42.8. The van der Waals surface area contributed by atoms with Crippen molar-refractivity contribution in [2.24, 2.45) is 0 Å². The minimum absolute atomic E-state index is 0.0732. The summed E-state index contributed by atoms with van der Waals surface area (Å²) in [5.41, 5.74) is 14.1. The normalized spacial score (nSPS) is 11.1. The fourth-order valence-corrected chi connectivity index (χ4v) is 9.36. The minimum atomic E-state index is -0.707. The highest BCUT2D eigenvalue weighted by Crippen LogP contribution is 2.32. The van der Waals surface area contributed by atoms with Gasteiger partial charge in [-0.2, -0.15) is 15.3 Å². The number of benzene rings is 6. The van der Waals surface area contributed by atoms with Crippen molar-refractivity contribution in [3.05, 3.63) is 253 Å². The summed E-state index contributed by atoms with van der Waals surface area (Å²) in [6.45, 7) is 24.0. The molecule has 9 aromatic rings. The van der Waals surface area contributed by atoms with Gasteiger partial charge in [0.2, 0.25) is 17.3 Å². The summed E-state index contributed by atoms with van der Waals surface area (Å²) in [4.78, 5) is 64.9. The van der Waals surface area contributed by atoms with Crippen LogP contribution in [0.5, 0.6) is 0 Å². The number of anilines is 3. The number of rotatable bonds is 18. The van der Waals surface area contributed by atoms with E-state index in [0.717, 1.165) is 22.4 Å². The Morgan fingerprint density at radius 2 is 0.789 bits per heavy atom. The first-order valence-corrected chi connectivity index (χ1v) is 29.9. The molecule has 6 aromatic carbocycles. The molecule has 0 unspecified atom stereocenters. The number of aliphatic hydroxyl groups excluding tert-OH is 1. The summed E-state index contributed by atoms with van der Waals surface area (Å²) in [7, 11) is 0. The molecule has 466 valence electrons. The van der Waals surface area contributed by atoms with Gasteiger partial charge in [0.05, 0.1) is 17.1 Å². The SMILES string of the molecule is C=CCc1c(C(=O)c2ccc(C)cc2)nn(-c2ccc(Cl)cc2)c1N.C=CCc1c(C(=O)c2ccc(C)cc2)nn(-c2ccc(Cl)cc2)c1NC(=O)OC(C)(C)C.Cc1ccc(C(=O)c2nn(-c3ccc(Cl)cc3)c(NC(=O)OC(C)(C)C)c2CCCO)cc1. The molecule has 17 nitrogen and oxygen atoms in total. The van der Waals surface area contributed by atoms with Crippen molar-refractivity contribution in [1.29, 1.82) is 0 Å². The number of carbonyl (C=O) groups is 5. The standard InChI is InChI=1S/C25H28ClN3O4.C25H26ClN3O3.C20H18ClN3O/c1-16-7-9-17(10-8-16)22(31)21-20(6-5-15-30)23(27-24(32)33-25(2,3)4)29(28-21)19-13-11-18(26)12-14-19;1-6-7-20-21(22(30)17-10-8-16(2)9-11-17)28-29(19-14-12-18(26)13-15-19)23(20)27-24(31)32-25(3,4)5;1-3-4-17-18(19(25)14-7-5-13(2)6-8-14)23-24(20(17)22)16-11-9-15(21)10-12-16/h7-14,30H,5-6,15H2,1-4H3,(H,27,32);6,8-15H,1,7H2,2-5H3,(H,27,31);3,5-12H,1,4,22H2,2H3. The highest BCUT2D eigenvalue weighted by Gasteiger charge is 2.30. The Hall–Kier alpha value is -9.39. The topological polar surface area (TPSA) is 228 Å². The first-order chi connectivity index (χ1) is 42.7. The van der Waals surface area contributed by atoms with Crippen LogP contribution in [0.3, 0.4) is 0 Å². The average molecular weight is 1270 g/mol. The number of allylic oxidation sites excluding steroid dienone is 2. The molecule has 0 aliphatic heterocycles. The molecule has 2 amide bonds. The number of nitrogens with two attached hydrogens (primary N) is 1. The number of ketones is 3. The number of nitrogen functional groups attached to an aromatic ring is 1. The molecule has 5 N–H and O–H groups in total. The molecule has 0 saturated carbocycles. The average Bonchev–Trinajstić information content (AvgIpc) is 1.91. The van der Waals surface area contributed by atoms with Crippen LogP contribution in [0.1, 0.15) is 129 Å². The van der Waals surface area contributed by atoms with Gasteiger partial charge in [-0.25, -0.2) is 23.6 Å². The molecule has 9 rings (SSSR count). The van der Waals surface area contributed by atoms with Gasteiger partial charge in [-0.3, -0.25) is 25.0 Å². The Morgan fingerprint density at radius 1 is 0.489 bits per heavy atom. The number of aromatic nitrogens is 6. The third-order valence-corrected chi connectivity index (χ3v) is 14.1. The maximum atomic E-state index is 13.4. The van der Waals surface area contributed by atoms with Crippen molar-refractivity contribution in [2.75, 3.05) is 23.0 Å². The van der Waals surface area contributed by atoms with E-state index in [-0.39, 0.29) is 35.3 Å². The Morgan fingerprint density at radius 3 is 1.12 bits per heavy atom. The first kappa shape index (κ1) is 68.1. The molecule has 20 heteroatoms. The van der Waals surface area contributed by atoms with Gasteiger partial charge in [0, 0.05) is 55.1 Å². The smallest absolute Gasteiger partial charge is 0.413 e. The van der Waals surface area contributed by atoms with Crippen LogP contribution in [0.15, 0.2) is 171 Å². The van der Waals surface area contributed by atoms with Crippen LogP contribution in [0, 0.1) is 20.8 Å². The van der Waals surface area contributed by atoms with E-state index in [1.807, 2.05) is 69.3 Å². The molecule has 0 spiro atoms. The third kappa shape index (κ3) is 17.9. The highest BCUT2D eigenvalue weighted by atomic mass is 35.5. The van der Waals surface area contributed by atoms with Crippen LogP contribution in [0.4, 0.5) is 27.0 Å². The summed E-state index contributed by atoms with van der Waals surface area (Å²) in [6.07, 6.45) is 3.58. The molecule has 3 heterocycles. The molecule has 0 aliphatic rings. The lowest BCUT2D eigenvalue weighted by Crippen LogP contribution is -2.28. The number of halogens is 3. The quantitative estimate of drug-likeness (QED) is 0.0465. The lowest BCUT2D eigenvalue weighted by Gasteiger charge is -2.20. The molecule has 0 aliphatic carbocycles. The maximum absolute atomic E-state index is 13.4. The van der Waals surface area contributed by atoms with E-state index in [2.05, 4.69) is 39.1 Å². The van der Waals surface area contributed by atoms with Gasteiger partial charge in [0.25, 0.3) is 0 Å². The zero-order valence-electron chi connectivity index (χ0n) is 51.7. The van der Waals surface area contributed by atoms with E-state index >= 15 is 0 Å². The van der Waals surface area contributed by atoms with Crippen LogP contribution in [0.25, 0.3) is 17.1 Å². The van der Waals surface area contributed by atoms with Crippen LogP contribution in [-0.2, 0) is 28.7 Å². The number of nitrogens with zero attached hydrogens (tertiary/aromatic N) is 6. The Bertz CT molecular complexity index is 4030. The number of hydrogen-bond donors (Lipinski definition) is 4. The second-order valence-electron chi connectivity index (χ2n) is 22.9. The third-order valence-electron chi connectivity index (χ3n) is 13.3. The van der Waals surface area contributed by atoms with E-state index in [1.54, 1.807) is 155 Å². The van der Waals surface area contributed by atoms with Gasteiger partial charge in [-0.1, -0.05) is 136 Å². The first-order valence-electron chi connectivity index (χ1n) is 28.7. The van der Waals surface area contributed by atoms with Crippen molar-refractivity contribution in [3.8, 4) is 17.1 Å². The number of ether oxygens (including phenoxy) is 2. The van der Waals surface area contributed by atoms with Gasteiger partial charge in [-0.05, 0) is 161 Å². The summed E-state index contributed by atoms with van der Waals surface area (Å²) < 4.78 is 15.4. The van der Waals surface area contributed by atoms with Crippen molar-refractivity contribution in [1.82, 2.24) is 29.3 Å².